The maximum atomic E-state index is 4.41. The summed E-state index contributed by atoms with van der Waals surface area (Å²) in [7, 11) is 0. The quantitative estimate of drug-likeness (QED) is 0.704. The van der Waals surface area contributed by atoms with Crippen LogP contribution in [0.1, 0.15) is 0 Å². The largest absolute Gasteiger partial charge is 0.230 e. The molecule has 0 bridgehead atoms. The van der Waals surface area contributed by atoms with Crippen molar-refractivity contribution in [2.24, 2.45) is 0 Å². The minimum atomic E-state index is 0.976. The molecule has 0 aliphatic heterocycles. The third-order valence-electron chi connectivity index (χ3n) is 1.38. The Morgan fingerprint density at radius 3 is 2.54 bits per heavy atom. The summed E-state index contributed by atoms with van der Waals surface area (Å²) < 4.78 is 2.21. The summed E-state index contributed by atoms with van der Waals surface area (Å²) >= 11 is 3.32. The van der Waals surface area contributed by atoms with E-state index >= 15 is 0 Å². The van der Waals surface area contributed by atoms with Crippen molar-refractivity contribution in [1.82, 2.24) is 4.98 Å². The van der Waals surface area contributed by atoms with Gasteiger partial charge >= 0.3 is 0 Å². The average Bonchev–Trinajstić information content (AvgIpc) is 2.50. The zero-order valence-electron chi connectivity index (χ0n) is 7.49. The van der Waals surface area contributed by atoms with E-state index in [4.69, 9.17) is 0 Å². The van der Waals surface area contributed by atoms with E-state index in [2.05, 4.69) is 18.1 Å². The fraction of sp³-hybridized carbons (Fsp3) is 0.100. The molecular weight excluding hydrogens is 198 g/mol. The summed E-state index contributed by atoms with van der Waals surface area (Å²) in [6.45, 7) is 7.32. The first kappa shape index (κ1) is 10.3. The fourth-order valence-electron chi connectivity index (χ4n) is 0.867. The standard InChI is InChI=1S/C10H11NS2/c1-4-6-8-9(7-5-2)13-10(11-8)12-3/h4-7H,1-2H2,3H3/b8-6+,9-7+. The van der Waals surface area contributed by atoms with Gasteiger partial charge in [0.15, 0.2) is 4.34 Å². The highest BCUT2D eigenvalue weighted by molar-refractivity contribution is 8.00. The molecule has 1 rings (SSSR count). The normalized spacial score (nSPS) is 13.3. The zero-order chi connectivity index (χ0) is 9.68. The van der Waals surface area contributed by atoms with Crippen molar-refractivity contribution in [3.63, 3.8) is 0 Å². The lowest BCUT2D eigenvalue weighted by molar-refractivity contribution is 1.19. The molecule has 68 valence electrons. The topological polar surface area (TPSA) is 12.9 Å². The number of rotatable bonds is 3. The lowest BCUT2D eigenvalue weighted by Crippen LogP contribution is -2.19. The minimum absolute atomic E-state index is 0.976. The zero-order valence-corrected chi connectivity index (χ0v) is 9.12. The van der Waals surface area contributed by atoms with Crippen molar-refractivity contribution in [2.75, 3.05) is 6.26 Å². The smallest absolute Gasteiger partial charge is 0.150 e. The van der Waals surface area contributed by atoms with Gasteiger partial charge in [0.2, 0.25) is 0 Å². The first-order chi connectivity index (χ1) is 6.31. The van der Waals surface area contributed by atoms with Crippen LogP contribution in [0.25, 0.3) is 12.2 Å². The molecule has 0 aromatic carbocycles. The third kappa shape index (κ3) is 2.57. The van der Waals surface area contributed by atoms with Gasteiger partial charge in [0.25, 0.3) is 0 Å². The molecule has 0 aliphatic rings. The van der Waals surface area contributed by atoms with Crippen LogP contribution in [0.5, 0.6) is 0 Å². The van der Waals surface area contributed by atoms with Gasteiger partial charge in [-0.3, -0.25) is 0 Å². The predicted octanol–water partition coefficient (Wildman–Crippen LogP) is 1.80. The van der Waals surface area contributed by atoms with Gasteiger partial charge in [0.1, 0.15) is 0 Å². The highest BCUT2D eigenvalue weighted by Crippen LogP contribution is 2.11. The maximum absolute atomic E-state index is 4.41. The van der Waals surface area contributed by atoms with Crippen molar-refractivity contribution >= 4 is 35.3 Å². The van der Waals surface area contributed by atoms with Crippen LogP contribution in [-0.4, -0.2) is 11.2 Å². The van der Waals surface area contributed by atoms with Gasteiger partial charge in [0.05, 0.1) is 9.88 Å². The lowest BCUT2D eigenvalue weighted by atomic mass is 10.4. The van der Waals surface area contributed by atoms with E-state index < -0.39 is 0 Å². The Morgan fingerprint density at radius 2 is 2.00 bits per heavy atom. The maximum Gasteiger partial charge on any atom is 0.150 e. The second kappa shape index (κ2) is 5.04. The number of hydrogen-bond donors (Lipinski definition) is 0. The molecule has 0 unspecified atom stereocenters. The van der Waals surface area contributed by atoms with Crippen LogP contribution < -0.4 is 9.88 Å². The van der Waals surface area contributed by atoms with E-state index in [0.29, 0.717) is 0 Å². The van der Waals surface area contributed by atoms with Gasteiger partial charge in [-0.15, -0.1) is 11.3 Å². The molecule has 0 fully saturated rings. The molecular formula is C10H11NS2. The molecule has 0 saturated heterocycles. The van der Waals surface area contributed by atoms with E-state index in [1.807, 2.05) is 18.4 Å². The van der Waals surface area contributed by atoms with Crippen molar-refractivity contribution in [1.29, 1.82) is 0 Å². The van der Waals surface area contributed by atoms with E-state index in [9.17, 15) is 0 Å². The molecule has 0 aliphatic carbocycles. The summed E-state index contributed by atoms with van der Waals surface area (Å²) in [5.74, 6) is 0. The number of allylic oxidation sites excluding steroid dienone is 2. The number of thiazole rings is 1. The molecule has 0 spiro atoms. The summed E-state index contributed by atoms with van der Waals surface area (Å²) in [5, 5.41) is 0.976. The Kier molecular flexibility index (Phi) is 3.99. The van der Waals surface area contributed by atoms with Crippen molar-refractivity contribution in [3.8, 4) is 0 Å². The summed E-state index contributed by atoms with van der Waals surface area (Å²) in [6, 6.07) is 0. The number of hydrogen-bond acceptors (Lipinski definition) is 3. The summed E-state index contributed by atoms with van der Waals surface area (Å²) in [5.41, 5.74) is 0. The molecule has 1 nitrogen and oxygen atoms in total. The van der Waals surface area contributed by atoms with E-state index in [1.54, 1.807) is 35.3 Å². The molecule has 1 aromatic heterocycles. The van der Waals surface area contributed by atoms with Gasteiger partial charge in [-0.2, -0.15) is 0 Å². The highest BCUT2D eigenvalue weighted by Gasteiger charge is 1.95. The molecule has 13 heavy (non-hydrogen) atoms. The van der Waals surface area contributed by atoms with Gasteiger partial charge in [-0.1, -0.05) is 37.1 Å². The first-order valence-electron chi connectivity index (χ1n) is 3.78. The Bertz CT molecular complexity index is 377. The Morgan fingerprint density at radius 1 is 1.31 bits per heavy atom. The van der Waals surface area contributed by atoms with Crippen molar-refractivity contribution in [3.05, 3.63) is 35.2 Å². The second-order valence-electron chi connectivity index (χ2n) is 2.24. The second-order valence-corrected chi connectivity index (χ2v) is 4.32. The van der Waals surface area contributed by atoms with Gasteiger partial charge in [-0.05, 0) is 18.4 Å². The molecule has 0 atom stereocenters. The van der Waals surface area contributed by atoms with Crippen LogP contribution in [0, 0.1) is 0 Å². The van der Waals surface area contributed by atoms with E-state index in [1.165, 1.54) is 0 Å². The lowest BCUT2D eigenvalue weighted by Gasteiger charge is -1.78. The first-order valence-corrected chi connectivity index (χ1v) is 5.82. The average molecular weight is 209 g/mol. The molecule has 0 saturated carbocycles. The van der Waals surface area contributed by atoms with Gasteiger partial charge in [0, 0.05) is 0 Å². The van der Waals surface area contributed by atoms with Crippen LogP contribution in [0.3, 0.4) is 0 Å². The van der Waals surface area contributed by atoms with Crippen LogP contribution in [0.4, 0.5) is 0 Å². The van der Waals surface area contributed by atoms with Crippen LogP contribution in [0.2, 0.25) is 0 Å². The number of aromatic nitrogens is 1. The molecule has 3 heteroatoms. The van der Waals surface area contributed by atoms with Crippen molar-refractivity contribution in [2.45, 2.75) is 4.34 Å². The van der Waals surface area contributed by atoms with Crippen LogP contribution in [0.15, 0.2) is 29.6 Å². The summed E-state index contributed by atoms with van der Waals surface area (Å²) in [4.78, 5) is 4.41. The number of nitrogens with zero attached hydrogens (tertiary/aromatic N) is 1. The highest BCUT2D eigenvalue weighted by atomic mass is 32.2. The molecule has 0 amide bonds. The molecule has 1 heterocycles. The SMILES string of the molecule is C=C/C=c1/nc(SC)s/c1=C/C=C. The van der Waals surface area contributed by atoms with E-state index in [-0.39, 0.29) is 0 Å². The molecule has 0 N–H and O–H groups in total. The Labute approximate surface area is 86.2 Å². The Hall–Kier alpha value is -0.800. The molecule has 0 radical (unpaired) electrons. The number of thioether (sulfide) groups is 1. The minimum Gasteiger partial charge on any atom is -0.230 e. The van der Waals surface area contributed by atoms with Crippen molar-refractivity contribution < 1.29 is 0 Å². The van der Waals surface area contributed by atoms with Gasteiger partial charge in [-0.25, -0.2) is 4.98 Å². The van der Waals surface area contributed by atoms with E-state index in [0.717, 1.165) is 14.2 Å². The van der Waals surface area contributed by atoms with Crippen LogP contribution >= 0.6 is 23.1 Å². The summed E-state index contributed by atoms with van der Waals surface area (Å²) in [6.07, 6.45) is 9.42. The van der Waals surface area contributed by atoms with Gasteiger partial charge < -0.3 is 0 Å². The third-order valence-corrected chi connectivity index (χ3v) is 3.40. The predicted molar refractivity (Wildman–Crippen MR) is 62.5 cm³/mol. The Balaban J connectivity index is 3.40. The monoisotopic (exact) mass is 209 g/mol. The molecule has 1 aromatic rings. The van der Waals surface area contributed by atoms with Crippen LogP contribution in [-0.2, 0) is 0 Å². The fourth-order valence-corrected chi connectivity index (χ4v) is 2.37.